The van der Waals surface area contributed by atoms with Crippen molar-refractivity contribution in [2.24, 2.45) is 0 Å². The van der Waals surface area contributed by atoms with Gasteiger partial charge >= 0.3 is 6.03 Å². The topological polar surface area (TPSA) is 105 Å². The van der Waals surface area contributed by atoms with Gasteiger partial charge in [-0.3, -0.25) is 14.5 Å². The Morgan fingerprint density at radius 2 is 1.78 bits per heavy atom. The van der Waals surface area contributed by atoms with Crippen LogP contribution in [0.5, 0.6) is 0 Å². The molecule has 212 valence electrons. The summed E-state index contributed by atoms with van der Waals surface area (Å²) in [5.74, 6) is 1.33. The molecule has 3 aromatic heterocycles. The fourth-order valence-electron chi connectivity index (χ4n) is 5.08. The molecule has 0 bridgehead atoms. The molecule has 5 aromatic rings. The molecule has 4 heterocycles. The fourth-order valence-corrected chi connectivity index (χ4v) is 6.15. The molecule has 3 amide bonds. The van der Waals surface area contributed by atoms with Gasteiger partial charge in [0.25, 0.3) is 0 Å². The van der Waals surface area contributed by atoms with Crippen molar-refractivity contribution in [1.29, 1.82) is 0 Å². The number of rotatable bonds is 6. The van der Waals surface area contributed by atoms with Gasteiger partial charge < -0.3 is 14.7 Å². The van der Waals surface area contributed by atoms with E-state index in [-0.39, 0.29) is 11.3 Å². The Kier molecular flexibility index (Phi) is 7.25. The second-order valence-corrected chi connectivity index (χ2v) is 12.6. The summed E-state index contributed by atoms with van der Waals surface area (Å²) in [7, 11) is 0. The third kappa shape index (κ3) is 5.97. The predicted octanol–water partition coefficient (Wildman–Crippen LogP) is 7.09. The Bertz CT molecular complexity index is 1700. The number of benzene rings is 2. The molecule has 0 atom stereocenters. The average Bonchev–Trinajstić information content (AvgIpc) is 3.67. The number of amides is 3. The van der Waals surface area contributed by atoms with E-state index in [2.05, 4.69) is 38.4 Å². The SMILES string of the molecule is CC(C)(C)c1cc(NC(=O)Nc2ccc(-c3cn4c(n3)sc3cc(CCC(=O)N5CCCCC5)ccc34)cc2)no1. The lowest BCUT2D eigenvalue weighted by Crippen LogP contribution is -2.35. The summed E-state index contributed by atoms with van der Waals surface area (Å²) < 4.78 is 8.60. The summed E-state index contributed by atoms with van der Waals surface area (Å²) in [6, 6.07) is 15.3. The lowest BCUT2D eigenvalue weighted by Gasteiger charge is -2.26. The summed E-state index contributed by atoms with van der Waals surface area (Å²) in [5.41, 5.74) is 4.57. The van der Waals surface area contributed by atoms with Crippen LogP contribution in [0.2, 0.25) is 0 Å². The number of aromatic nitrogens is 3. The summed E-state index contributed by atoms with van der Waals surface area (Å²) in [6.45, 7) is 7.86. The highest BCUT2D eigenvalue weighted by Crippen LogP contribution is 2.31. The van der Waals surface area contributed by atoms with E-state index in [1.54, 1.807) is 17.4 Å². The van der Waals surface area contributed by atoms with Gasteiger partial charge in [0.2, 0.25) is 5.91 Å². The second kappa shape index (κ2) is 11.0. The molecule has 9 nitrogen and oxygen atoms in total. The Morgan fingerprint density at radius 3 is 2.51 bits per heavy atom. The van der Waals surface area contributed by atoms with Crippen LogP contribution in [-0.2, 0) is 16.6 Å². The van der Waals surface area contributed by atoms with Gasteiger partial charge in [0.05, 0.1) is 15.9 Å². The molecule has 6 rings (SSSR count). The maximum atomic E-state index is 12.6. The molecule has 0 aliphatic carbocycles. The van der Waals surface area contributed by atoms with Crippen LogP contribution in [0.3, 0.4) is 0 Å². The number of likely N-dealkylation sites (tertiary alicyclic amines) is 1. The molecular weight excluding hydrogens is 536 g/mol. The van der Waals surface area contributed by atoms with Crippen molar-refractivity contribution in [3.63, 3.8) is 0 Å². The normalized spacial score (nSPS) is 14.1. The summed E-state index contributed by atoms with van der Waals surface area (Å²) in [6.07, 6.45) is 6.83. The van der Waals surface area contributed by atoms with E-state index in [0.717, 1.165) is 58.8 Å². The van der Waals surface area contributed by atoms with Gasteiger partial charge in [-0.2, -0.15) is 0 Å². The number of imidazole rings is 1. The molecule has 1 fully saturated rings. The number of urea groups is 1. The van der Waals surface area contributed by atoms with Crippen molar-refractivity contribution < 1.29 is 14.1 Å². The van der Waals surface area contributed by atoms with E-state index in [0.29, 0.717) is 23.7 Å². The summed E-state index contributed by atoms with van der Waals surface area (Å²) in [5, 5.41) is 9.45. The van der Waals surface area contributed by atoms with Crippen LogP contribution in [0, 0.1) is 0 Å². The van der Waals surface area contributed by atoms with Gasteiger partial charge in [-0.1, -0.05) is 55.5 Å². The Hall–Kier alpha value is -4.18. The van der Waals surface area contributed by atoms with Gasteiger partial charge in [0, 0.05) is 48.4 Å². The smallest absolute Gasteiger partial charge is 0.324 e. The maximum Gasteiger partial charge on any atom is 0.324 e. The highest BCUT2D eigenvalue weighted by Gasteiger charge is 2.20. The zero-order chi connectivity index (χ0) is 28.6. The summed E-state index contributed by atoms with van der Waals surface area (Å²) >= 11 is 1.65. The van der Waals surface area contributed by atoms with Crippen molar-refractivity contribution in [2.45, 2.75) is 58.3 Å². The highest BCUT2D eigenvalue weighted by molar-refractivity contribution is 7.23. The Balaban J connectivity index is 1.09. The quantitative estimate of drug-likeness (QED) is 0.227. The number of fused-ring (bicyclic) bond motifs is 3. The van der Waals surface area contributed by atoms with Crippen LogP contribution >= 0.6 is 11.3 Å². The van der Waals surface area contributed by atoms with Crippen LogP contribution in [0.1, 0.15) is 57.8 Å². The van der Waals surface area contributed by atoms with Crippen LogP contribution < -0.4 is 10.6 Å². The van der Waals surface area contributed by atoms with Crippen LogP contribution in [0.25, 0.3) is 26.4 Å². The molecule has 2 N–H and O–H groups in total. The first-order chi connectivity index (χ1) is 19.7. The molecule has 41 heavy (non-hydrogen) atoms. The predicted molar refractivity (Wildman–Crippen MR) is 163 cm³/mol. The zero-order valence-corrected chi connectivity index (χ0v) is 24.4. The third-order valence-electron chi connectivity index (χ3n) is 7.42. The van der Waals surface area contributed by atoms with Gasteiger partial charge in [-0.25, -0.2) is 9.78 Å². The number of aryl methyl sites for hydroxylation is 1. The fraction of sp³-hybridized carbons (Fsp3) is 0.355. The first-order valence-electron chi connectivity index (χ1n) is 14.1. The van der Waals surface area contributed by atoms with Gasteiger partial charge in [0.15, 0.2) is 10.8 Å². The molecule has 1 aliphatic heterocycles. The number of anilines is 2. The van der Waals surface area contributed by atoms with Crippen LogP contribution in [-0.4, -0.2) is 44.5 Å². The van der Waals surface area contributed by atoms with Crippen molar-refractivity contribution >= 4 is 50.0 Å². The zero-order valence-electron chi connectivity index (χ0n) is 23.6. The van der Waals surface area contributed by atoms with Gasteiger partial charge in [-0.15, -0.1) is 0 Å². The number of nitrogens with zero attached hydrogens (tertiary/aromatic N) is 4. The minimum atomic E-state index is -0.393. The van der Waals surface area contributed by atoms with Crippen molar-refractivity contribution in [3.8, 4) is 11.3 Å². The summed E-state index contributed by atoms with van der Waals surface area (Å²) in [4.78, 5) is 32.8. The van der Waals surface area contributed by atoms with Crippen molar-refractivity contribution in [2.75, 3.05) is 23.7 Å². The van der Waals surface area contributed by atoms with Crippen molar-refractivity contribution in [1.82, 2.24) is 19.4 Å². The number of carbonyl (C=O) groups excluding carboxylic acids is 2. The molecular formula is C31H34N6O3S. The molecule has 0 radical (unpaired) electrons. The molecule has 10 heteroatoms. The maximum absolute atomic E-state index is 12.6. The van der Waals surface area contributed by atoms with Gasteiger partial charge in [-0.05, 0) is 55.5 Å². The van der Waals surface area contributed by atoms with E-state index in [1.165, 1.54) is 12.0 Å². The number of nitrogens with one attached hydrogen (secondary N) is 2. The largest absolute Gasteiger partial charge is 0.359 e. The number of hydrogen-bond acceptors (Lipinski definition) is 6. The van der Waals surface area contributed by atoms with Crippen LogP contribution in [0.4, 0.5) is 16.3 Å². The number of thiazole rings is 1. The highest BCUT2D eigenvalue weighted by atomic mass is 32.1. The Labute approximate surface area is 242 Å². The third-order valence-corrected chi connectivity index (χ3v) is 8.44. The first-order valence-corrected chi connectivity index (χ1v) is 14.9. The van der Waals surface area contributed by atoms with Crippen LogP contribution in [0.15, 0.2) is 59.3 Å². The van der Waals surface area contributed by atoms with E-state index in [4.69, 9.17) is 9.51 Å². The lowest BCUT2D eigenvalue weighted by atomic mass is 9.93. The van der Waals surface area contributed by atoms with E-state index in [9.17, 15) is 9.59 Å². The minimum Gasteiger partial charge on any atom is -0.359 e. The van der Waals surface area contributed by atoms with E-state index >= 15 is 0 Å². The van der Waals surface area contributed by atoms with Gasteiger partial charge in [0.1, 0.15) is 5.76 Å². The van der Waals surface area contributed by atoms with Crippen molar-refractivity contribution in [3.05, 3.63) is 66.1 Å². The molecule has 0 saturated carbocycles. The number of piperidine rings is 1. The van der Waals surface area contributed by atoms with E-state index < -0.39 is 6.03 Å². The number of hydrogen-bond donors (Lipinski definition) is 2. The van der Waals surface area contributed by atoms with E-state index in [1.807, 2.05) is 56.1 Å². The monoisotopic (exact) mass is 570 g/mol. The first kappa shape index (κ1) is 27.0. The lowest BCUT2D eigenvalue weighted by molar-refractivity contribution is -0.132. The molecule has 0 unspecified atom stereocenters. The minimum absolute atomic E-state index is 0.190. The second-order valence-electron chi connectivity index (χ2n) is 11.6. The molecule has 1 saturated heterocycles. The Morgan fingerprint density at radius 1 is 1.00 bits per heavy atom. The standard InChI is InChI=1S/C31H34N6O3S/c1-31(2,3)26-18-27(35-40-26)34-29(39)32-22-11-9-21(10-12-22)23-19-37-24-13-7-20(17-25(24)41-30(37)33-23)8-14-28(38)36-15-5-4-6-16-36/h7,9-13,17-19H,4-6,8,14-16H2,1-3H3,(H2,32,34,35,39). The average molecular weight is 571 g/mol. The molecule has 1 aliphatic rings. The molecule has 2 aromatic carbocycles. The molecule has 0 spiro atoms. The number of carbonyl (C=O) groups is 2.